The van der Waals surface area contributed by atoms with Gasteiger partial charge in [-0.2, -0.15) is 0 Å². The lowest BCUT2D eigenvalue weighted by atomic mass is 10.0. The monoisotopic (exact) mass is 423 g/mol. The van der Waals surface area contributed by atoms with Gasteiger partial charge in [0.05, 0.1) is 22.2 Å². The third kappa shape index (κ3) is 5.11. The highest BCUT2D eigenvalue weighted by atomic mass is 32.2. The summed E-state index contributed by atoms with van der Waals surface area (Å²) in [5.74, 6) is -0.0484. The lowest BCUT2D eigenvalue weighted by Crippen LogP contribution is -2.35. The number of nitrogens with one attached hydrogen (secondary N) is 1. The number of benzene rings is 2. The van der Waals surface area contributed by atoms with Crippen LogP contribution < -0.4 is 10.9 Å². The molecule has 0 aliphatic carbocycles. The molecule has 0 unspecified atom stereocenters. The van der Waals surface area contributed by atoms with Crippen LogP contribution in [0.3, 0.4) is 0 Å². The van der Waals surface area contributed by atoms with E-state index in [1.165, 1.54) is 11.8 Å². The number of amides is 1. The van der Waals surface area contributed by atoms with E-state index >= 15 is 0 Å². The van der Waals surface area contributed by atoms with Gasteiger partial charge in [0.1, 0.15) is 0 Å². The zero-order chi connectivity index (χ0) is 21.5. The van der Waals surface area contributed by atoms with E-state index in [-0.39, 0.29) is 22.8 Å². The molecule has 1 aromatic heterocycles. The van der Waals surface area contributed by atoms with Crippen LogP contribution in [-0.2, 0) is 11.3 Å². The molecule has 0 saturated heterocycles. The first-order chi connectivity index (χ1) is 14.5. The van der Waals surface area contributed by atoms with Gasteiger partial charge in [-0.25, -0.2) is 4.98 Å². The zero-order valence-electron chi connectivity index (χ0n) is 17.8. The summed E-state index contributed by atoms with van der Waals surface area (Å²) in [6.07, 6.45) is 2.67. The number of carbonyl (C=O) groups is 1. The summed E-state index contributed by atoms with van der Waals surface area (Å²) < 4.78 is 1.69. The number of fused-ring (bicyclic) bond motifs is 1. The first kappa shape index (κ1) is 22.1. The maximum Gasteiger partial charge on any atom is 0.262 e. The van der Waals surface area contributed by atoms with E-state index in [9.17, 15) is 9.59 Å². The summed E-state index contributed by atoms with van der Waals surface area (Å²) in [7, 11) is 0. The molecule has 0 bridgehead atoms. The second kappa shape index (κ2) is 10.4. The molecule has 1 heterocycles. The Kier molecular flexibility index (Phi) is 7.69. The van der Waals surface area contributed by atoms with Crippen molar-refractivity contribution in [1.82, 2.24) is 14.9 Å². The van der Waals surface area contributed by atoms with Gasteiger partial charge >= 0.3 is 0 Å². The smallest absolute Gasteiger partial charge is 0.262 e. The molecule has 2 aromatic carbocycles. The number of carbonyl (C=O) groups excluding carboxylic acids is 1. The first-order valence-electron chi connectivity index (χ1n) is 10.6. The molecule has 3 rings (SSSR count). The fraction of sp³-hybridized carbons (Fsp3) is 0.375. The van der Waals surface area contributed by atoms with Crippen LogP contribution in [0.5, 0.6) is 0 Å². The van der Waals surface area contributed by atoms with Crippen LogP contribution in [0.2, 0.25) is 0 Å². The van der Waals surface area contributed by atoms with Crippen LogP contribution in [0.4, 0.5) is 0 Å². The molecule has 158 valence electrons. The molecule has 30 heavy (non-hydrogen) atoms. The van der Waals surface area contributed by atoms with E-state index in [1.807, 2.05) is 62.4 Å². The van der Waals surface area contributed by atoms with Crippen LogP contribution in [0.1, 0.15) is 51.6 Å². The van der Waals surface area contributed by atoms with Crippen molar-refractivity contribution >= 4 is 28.6 Å². The third-order valence-electron chi connectivity index (χ3n) is 5.02. The number of hydrogen-bond acceptors (Lipinski definition) is 4. The fourth-order valence-corrected chi connectivity index (χ4v) is 4.40. The van der Waals surface area contributed by atoms with E-state index in [4.69, 9.17) is 4.98 Å². The van der Waals surface area contributed by atoms with Crippen molar-refractivity contribution in [3.63, 3.8) is 0 Å². The number of hydrogen-bond donors (Lipinski definition) is 1. The second-order valence-electron chi connectivity index (χ2n) is 7.39. The number of para-hydroxylation sites is 1. The van der Waals surface area contributed by atoms with Gasteiger partial charge in [0, 0.05) is 6.54 Å². The molecule has 0 aliphatic heterocycles. The predicted octanol–water partition coefficient (Wildman–Crippen LogP) is 4.94. The van der Waals surface area contributed by atoms with E-state index in [1.54, 1.807) is 10.6 Å². The lowest BCUT2D eigenvalue weighted by molar-refractivity contribution is -0.121. The van der Waals surface area contributed by atoms with Crippen LogP contribution >= 0.6 is 11.8 Å². The van der Waals surface area contributed by atoms with Gasteiger partial charge < -0.3 is 5.32 Å². The third-order valence-corrected chi connectivity index (χ3v) is 6.11. The topological polar surface area (TPSA) is 64.0 Å². The Hall–Kier alpha value is -2.60. The standard InChI is InChI=1S/C24H29N3O2S/c1-4-11-20(18-12-7-6-8-13-18)25-22(28)17(3)30-24-26-21-15-10-9-14-19(21)23(29)27(24)16-5-2/h6-10,12-15,17,20H,4-5,11,16H2,1-3H3,(H,25,28)/t17-,20-/m0/s1. The number of nitrogens with zero attached hydrogens (tertiary/aromatic N) is 2. The van der Waals surface area contributed by atoms with Gasteiger partial charge in [0.15, 0.2) is 5.16 Å². The van der Waals surface area contributed by atoms with Crippen LogP contribution in [0.25, 0.3) is 10.9 Å². The maximum absolute atomic E-state index is 13.0. The van der Waals surface area contributed by atoms with Crippen molar-refractivity contribution in [1.29, 1.82) is 0 Å². The highest BCUT2D eigenvalue weighted by Gasteiger charge is 2.22. The minimum absolute atomic E-state index is 0.0193. The summed E-state index contributed by atoms with van der Waals surface area (Å²) in [6.45, 7) is 6.59. The highest BCUT2D eigenvalue weighted by Crippen LogP contribution is 2.25. The Morgan fingerprint density at radius 1 is 1.07 bits per heavy atom. The maximum atomic E-state index is 13.0. The van der Waals surface area contributed by atoms with Gasteiger partial charge in [-0.3, -0.25) is 14.2 Å². The van der Waals surface area contributed by atoms with E-state index in [2.05, 4.69) is 12.2 Å². The average Bonchev–Trinajstić information content (AvgIpc) is 2.76. The number of rotatable bonds is 9. The first-order valence-corrected chi connectivity index (χ1v) is 11.4. The van der Waals surface area contributed by atoms with Crippen LogP contribution in [0.15, 0.2) is 64.5 Å². The zero-order valence-corrected chi connectivity index (χ0v) is 18.6. The molecule has 0 fully saturated rings. The SMILES string of the molecule is CCC[C@H](NC(=O)[C@H](C)Sc1nc2ccccc2c(=O)n1CCC)c1ccccc1. The summed E-state index contributed by atoms with van der Waals surface area (Å²) in [4.78, 5) is 30.6. The number of aromatic nitrogens is 2. The molecule has 1 amide bonds. The van der Waals surface area contributed by atoms with Crippen molar-refractivity contribution in [2.45, 2.75) is 63.0 Å². The molecule has 0 spiro atoms. The van der Waals surface area contributed by atoms with E-state index in [0.717, 1.165) is 24.8 Å². The van der Waals surface area contributed by atoms with Gasteiger partial charge in [0.25, 0.3) is 5.56 Å². The Morgan fingerprint density at radius 2 is 1.77 bits per heavy atom. The van der Waals surface area contributed by atoms with Gasteiger partial charge in [0.2, 0.25) is 5.91 Å². The minimum Gasteiger partial charge on any atom is -0.348 e. The molecule has 5 nitrogen and oxygen atoms in total. The fourth-order valence-electron chi connectivity index (χ4n) is 3.46. The van der Waals surface area contributed by atoms with Crippen molar-refractivity contribution in [3.05, 3.63) is 70.5 Å². The van der Waals surface area contributed by atoms with E-state index in [0.29, 0.717) is 22.6 Å². The molecule has 0 aliphatic rings. The molecule has 0 radical (unpaired) electrons. The Balaban J connectivity index is 1.83. The Bertz CT molecular complexity index is 1050. The number of thioether (sulfide) groups is 1. The molecule has 6 heteroatoms. The van der Waals surface area contributed by atoms with Crippen molar-refractivity contribution < 1.29 is 4.79 Å². The predicted molar refractivity (Wildman–Crippen MR) is 124 cm³/mol. The normalized spacial score (nSPS) is 13.2. The molecule has 2 atom stereocenters. The lowest BCUT2D eigenvalue weighted by Gasteiger charge is -2.21. The molecular weight excluding hydrogens is 394 g/mol. The van der Waals surface area contributed by atoms with Gasteiger partial charge in [-0.15, -0.1) is 0 Å². The molecule has 0 saturated carbocycles. The van der Waals surface area contributed by atoms with Gasteiger partial charge in [-0.05, 0) is 37.5 Å². The minimum atomic E-state index is -0.371. The van der Waals surface area contributed by atoms with E-state index < -0.39 is 0 Å². The van der Waals surface area contributed by atoms with Gasteiger partial charge in [-0.1, -0.05) is 74.5 Å². The largest absolute Gasteiger partial charge is 0.348 e. The summed E-state index contributed by atoms with van der Waals surface area (Å²) in [5, 5.41) is 4.01. The Labute approximate surface area is 181 Å². The summed E-state index contributed by atoms with van der Waals surface area (Å²) in [5.41, 5.74) is 1.72. The molecule has 1 N–H and O–H groups in total. The van der Waals surface area contributed by atoms with Crippen LogP contribution in [0, 0.1) is 0 Å². The van der Waals surface area contributed by atoms with Crippen molar-refractivity contribution in [3.8, 4) is 0 Å². The van der Waals surface area contributed by atoms with Crippen molar-refractivity contribution in [2.75, 3.05) is 0 Å². The quantitative estimate of drug-likeness (QED) is 0.391. The highest BCUT2D eigenvalue weighted by molar-refractivity contribution is 8.00. The second-order valence-corrected chi connectivity index (χ2v) is 8.70. The van der Waals surface area contributed by atoms with Crippen LogP contribution in [-0.4, -0.2) is 20.7 Å². The summed E-state index contributed by atoms with van der Waals surface area (Å²) in [6, 6.07) is 17.4. The average molecular weight is 424 g/mol. The molecular formula is C24H29N3O2S. The molecule has 3 aromatic rings. The van der Waals surface area contributed by atoms with Crippen molar-refractivity contribution in [2.24, 2.45) is 0 Å². The summed E-state index contributed by atoms with van der Waals surface area (Å²) >= 11 is 1.34. The Morgan fingerprint density at radius 3 is 2.47 bits per heavy atom.